The number of amides is 1. The summed E-state index contributed by atoms with van der Waals surface area (Å²) in [6.07, 6.45) is 2.25. The van der Waals surface area contributed by atoms with E-state index in [0.29, 0.717) is 23.8 Å². The van der Waals surface area contributed by atoms with Gasteiger partial charge in [-0.05, 0) is 57.5 Å². The predicted octanol–water partition coefficient (Wildman–Crippen LogP) is 3.10. The highest BCUT2D eigenvalue weighted by molar-refractivity contribution is 7.09. The van der Waals surface area contributed by atoms with Crippen LogP contribution >= 0.6 is 11.3 Å². The van der Waals surface area contributed by atoms with E-state index < -0.39 is 0 Å². The smallest absolute Gasteiger partial charge is 0.253 e. The van der Waals surface area contributed by atoms with E-state index in [9.17, 15) is 4.79 Å². The quantitative estimate of drug-likeness (QED) is 0.861. The van der Waals surface area contributed by atoms with Crippen molar-refractivity contribution < 1.29 is 9.53 Å². The Bertz CT molecular complexity index is 714. The van der Waals surface area contributed by atoms with Gasteiger partial charge < -0.3 is 15.0 Å². The third-order valence-electron chi connectivity index (χ3n) is 4.43. The molecule has 1 aromatic carbocycles. The number of benzene rings is 1. The van der Waals surface area contributed by atoms with Crippen LogP contribution in [0.3, 0.4) is 0 Å². The van der Waals surface area contributed by atoms with E-state index in [4.69, 9.17) is 4.74 Å². The maximum Gasteiger partial charge on any atom is 0.253 e. The molecule has 1 saturated heterocycles. The number of aryl methyl sites for hydroxylation is 1. The monoisotopic (exact) mass is 359 g/mol. The van der Waals surface area contributed by atoms with Crippen LogP contribution in [0.4, 0.5) is 0 Å². The molecule has 2 aromatic rings. The summed E-state index contributed by atoms with van der Waals surface area (Å²) >= 11 is 1.61. The minimum atomic E-state index is 0.0933. The number of hydrogen-bond donors (Lipinski definition) is 1. The summed E-state index contributed by atoms with van der Waals surface area (Å²) in [5, 5.41) is 6.25. The molecule has 1 N–H and O–H groups in total. The molecule has 5 nitrogen and oxygen atoms in total. The molecule has 0 aliphatic carbocycles. The summed E-state index contributed by atoms with van der Waals surface area (Å²) in [6.45, 7) is 5.02. The minimum Gasteiger partial charge on any atom is -0.487 e. The number of nitrogens with one attached hydrogen (secondary N) is 1. The van der Waals surface area contributed by atoms with Gasteiger partial charge in [0, 0.05) is 24.0 Å². The summed E-state index contributed by atoms with van der Waals surface area (Å²) in [7, 11) is 1.96. The number of rotatable bonds is 6. The number of nitrogens with zero attached hydrogens (tertiary/aromatic N) is 2. The van der Waals surface area contributed by atoms with Crippen molar-refractivity contribution in [2.24, 2.45) is 5.92 Å². The molecule has 6 heteroatoms. The van der Waals surface area contributed by atoms with Crippen LogP contribution in [0.2, 0.25) is 0 Å². The van der Waals surface area contributed by atoms with Gasteiger partial charge in [-0.1, -0.05) is 6.07 Å². The zero-order chi connectivity index (χ0) is 17.6. The summed E-state index contributed by atoms with van der Waals surface area (Å²) < 4.78 is 5.81. The molecule has 1 atom stereocenters. The predicted molar refractivity (Wildman–Crippen MR) is 100 cm³/mol. The second kappa shape index (κ2) is 8.45. The highest BCUT2D eigenvalue weighted by Gasteiger charge is 2.24. The first-order valence-electron chi connectivity index (χ1n) is 8.73. The fraction of sp³-hybridized carbons (Fsp3) is 0.474. The third-order valence-corrected chi connectivity index (χ3v) is 5.26. The Kier molecular flexibility index (Phi) is 6.04. The Balaban J connectivity index is 1.62. The van der Waals surface area contributed by atoms with Crippen LogP contribution in [0.15, 0.2) is 29.6 Å². The minimum absolute atomic E-state index is 0.0933. The molecule has 0 bridgehead atoms. The molecule has 1 aliphatic rings. The van der Waals surface area contributed by atoms with Crippen LogP contribution in [-0.2, 0) is 6.61 Å². The molecular formula is C19H25N3O2S. The van der Waals surface area contributed by atoms with Gasteiger partial charge in [-0.2, -0.15) is 0 Å². The number of thiazole rings is 1. The molecule has 0 saturated carbocycles. The van der Waals surface area contributed by atoms with Gasteiger partial charge in [0.2, 0.25) is 0 Å². The molecular weight excluding hydrogens is 334 g/mol. The van der Waals surface area contributed by atoms with Gasteiger partial charge in [-0.25, -0.2) is 4.98 Å². The van der Waals surface area contributed by atoms with Crippen LogP contribution in [0, 0.1) is 12.8 Å². The van der Waals surface area contributed by atoms with Crippen LogP contribution < -0.4 is 10.1 Å². The van der Waals surface area contributed by atoms with Crippen molar-refractivity contribution >= 4 is 17.2 Å². The number of carbonyl (C=O) groups excluding carboxylic acids is 1. The lowest BCUT2D eigenvalue weighted by Crippen LogP contribution is -2.42. The van der Waals surface area contributed by atoms with Crippen molar-refractivity contribution in [3.63, 3.8) is 0 Å². The topological polar surface area (TPSA) is 54.5 Å². The van der Waals surface area contributed by atoms with E-state index in [1.165, 1.54) is 6.42 Å². The number of likely N-dealkylation sites (tertiary alicyclic amines) is 1. The molecule has 0 radical (unpaired) electrons. The number of piperidine rings is 1. The Morgan fingerprint density at radius 1 is 1.48 bits per heavy atom. The Morgan fingerprint density at radius 2 is 2.36 bits per heavy atom. The van der Waals surface area contributed by atoms with Crippen molar-refractivity contribution in [2.75, 3.05) is 26.7 Å². The van der Waals surface area contributed by atoms with Gasteiger partial charge in [0.25, 0.3) is 5.91 Å². The standard InChI is InChI=1S/C19H25N3O2S/c1-14-21-17(13-25-14)12-24-18-7-3-6-16(9-18)19(23)22-8-4-5-15(11-22)10-20-2/h3,6-7,9,13,15,20H,4-5,8,10-12H2,1-2H3. The largest absolute Gasteiger partial charge is 0.487 e. The van der Waals surface area contributed by atoms with Crippen LogP contribution in [0.5, 0.6) is 5.75 Å². The van der Waals surface area contributed by atoms with Gasteiger partial charge in [0.1, 0.15) is 12.4 Å². The summed E-state index contributed by atoms with van der Waals surface area (Å²) in [5.74, 6) is 1.34. The average Bonchev–Trinajstić information content (AvgIpc) is 3.05. The normalized spacial score (nSPS) is 17.5. The lowest BCUT2D eigenvalue weighted by Gasteiger charge is -2.32. The van der Waals surface area contributed by atoms with E-state index in [0.717, 1.165) is 36.8 Å². The first-order chi connectivity index (χ1) is 12.2. The molecule has 1 aliphatic heterocycles. The molecule has 1 amide bonds. The second-order valence-electron chi connectivity index (χ2n) is 6.49. The zero-order valence-corrected chi connectivity index (χ0v) is 15.6. The van der Waals surface area contributed by atoms with Crippen molar-refractivity contribution in [1.82, 2.24) is 15.2 Å². The molecule has 0 spiro atoms. The van der Waals surface area contributed by atoms with Gasteiger partial charge in [0.15, 0.2) is 0 Å². The number of hydrogen-bond acceptors (Lipinski definition) is 5. The molecule has 1 unspecified atom stereocenters. The number of aromatic nitrogens is 1. The van der Waals surface area contributed by atoms with E-state index in [1.807, 2.05) is 48.5 Å². The number of carbonyl (C=O) groups is 1. The molecule has 1 aromatic heterocycles. The fourth-order valence-electron chi connectivity index (χ4n) is 3.24. The van der Waals surface area contributed by atoms with Crippen LogP contribution in [0.1, 0.15) is 33.9 Å². The van der Waals surface area contributed by atoms with Crippen molar-refractivity contribution in [3.05, 3.63) is 45.9 Å². The summed E-state index contributed by atoms with van der Waals surface area (Å²) in [6, 6.07) is 7.47. The first kappa shape index (κ1) is 17.9. The van der Waals surface area contributed by atoms with Gasteiger partial charge in [-0.3, -0.25) is 4.79 Å². The number of ether oxygens (including phenoxy) is 1. The molecule has 1 fully saturated rings. The van der Waals surface area contributed by atoms with Crippen LogP contribution in [-0.4, -0.2) is 42.5 Å². The third kappa shape index (κ3) is 4.80. The SMILES string of the molecule is CNCC1CCCN(C(=O)c2cccc(OCc3csc(C)n3)c2)C1. The molecule has 3 rings (SSSR count). The van der Waals surface area contributed by atoms with Gasteiger partial charge in [0.05, 0.1) is 10.7 Å². The summed E-state index contributed by atoms with van der Waals surface area (Å²) in [5.41, 5.74) is 1.61. The van der Waals surface area contributed by atoms with E-state index in [1.54, 1.807) is 11.3 Å². The first-order valence-corrected chi connectivity index (χ1v) is 9.61. The highest BCUT2D eigenvalue weighted by atomic mass is 32.1. The molecule has 2 heterocycles. The van der Waals surface area contributed by atoms with E-state index in [2.05, 4.69) is 10.3 Å². The fourth-order valence-corrected chi connectivity index (χ4v) is 3.84. The Morgan fingerprint density at radius 3 is 3.12 bits per heavy atom. The van der Waals surface area contributed by atoms with Crippen LogP contribution in [0.25, 0.3) is 0 Å². The Labute approximate surface area is 153 Å². The second-order valence-corrected chi connectivity index (χ2v) is 7.55. The molecule has 25 heavy (non-hydrogen) atoms. The molecule has 134 valence electrons. The van der Waals surface area contributed by atoms with E-state index >= 15 is 0 Å². The van der Waals surface area contributed by atoms with Crippen molar-refractivity contribution in [2.45, 2.75) is 26.4 Å². The lowest BCUT2D eigenvalue weighted by atomic mass is 9.97. The van der Waals surface area contributed by atoms with Crippen molar-refractivity contribution in [1.29, 1.82) is 0 Å². The average molecular weight is 359 g/mol. The Hall–Kier alpha value is -1.92. The van der Waals surface area contributed by atoms with Gasteiger partial charge >= 0.3 is 0 Å². The van der Waals surface area contributed by atoms with E-state index in [-0.39, 0.29) is 5.91 Å². The maximum absolute atomic E-state index is 12.8. The maximum atomic E-state index is 12.8. The zero-order valence-electron chi connectivity index (χ0n) is 14.8. The highest BCUT2D eigenvalue weighted by Crippen LogP contribution is 2.21. The summed E-state index contributed by atoms with van der Waals surface area (Å²) in [4.78, 5) is 19.2. The van der Waals surface area contributed by atoms with Gasteiger partial charge in [-0.15, -0.1) is 11.3 Å². The van der Waals surface area contributed by atoms with Crippen molar-refractivity contribution in [3.8, 4) is 5.75 Å². The lowest BCUT2D eigenvalue weighted by molar-refractivity contribution is 0.0674.